The highest BCUT2D eigenvalue weighted by molar-refractivity contribution is 5.96. The van der Waals surface area contributed by atoms with E-state index in [9.17, 15) is 4.79 Å². The van der Waals surface area contributed by atoms with Gasteiger partial charge in [-0.15, -0.1) is 0 Å². The van der Waals surface area contributed by atoms with Gasteiger partial charge in [-0.25, -0.2) is 4.79 Å². The number of benzene rings is 1. The summed E-state index contributed by atoms with van der Waals surface area (Å²) in [6.45, 7) is 0. The van der Waals surface area contributed by atoms with Crippen molar-refractivity contribution in [2.24, 2.45) is 0 Å². The van der Waals surface area contributed by atoms with Crippen LogP contribution in [0.15, 0.2) is 47.1 Å². The molecule has 0 fully saturated rings. The molecule has 2 aromatic rings. The minimum absolute atomic E-state index is 0.359. The van der Waals surface area contributed by atoms with Crippen LogP contribution in [0.4, 0.5) is 0 Å². The summed E-state index contributed by atoms with van der Waals surface area (Å²) in [6.07, 6.45) is 1.57. The SMILES string of the molecule is COC(=O)c1ccccc1-c1ccco1. The molecule has 3 nitrogen and oxygen atoms in total. The highest BCUT2D eigenvalue weighted by atomic mass is 16.5. The van der Waals surface area contributed by atoms with Crippen molar-refractivity contribution in [3.05, 3.63) is 48.2 Å². The van der Waals surface area contributed by atoms with Crippen LogP contribution in [0.1, 0.15) is 10.4 Å². The second-order valence-corrected chi connectivity index (χ2v) is 3.01. The van der Waals surface area contributed by atoms with Crippen molar-refractivity contribution in [1.82, 2.24) is 0 Å². The predicted octanol–water partition coefficient (Wildman–Crippen LogP) is 2.73. The van der Waals surface area contributed by atoms with Crippen molar-refractivity contribution in [1.29, 1.82) is 0 Å². The van der Waals surface area contributed by atoms with E-state index in [0.29, 0.717) is 11.3 Å². The fourth-order valence-corrected chi connectivity index (χ4v) is 1.42. The van der Waals surface area contributed by atoms with Crippen LogP contribution in [0.25, 0.3) is 11.3 Å². The third-order valence-electron chi connectivity index (χ3n) is 2.12. The molecule has 0 aliphatic heterocycles. The van der Waals surface area contributed by atoms with Gasteiger partial charge in [0.25, 0.3) is 0 Å². The number of carbonyl (C=O) groups excluding carboxylic acids is 1. The molecule has 2 rings (SSSR count). The van der Waals surface area contributed by atoms with Gasteiger partial charge in [-0.2, -0.15) is 0 Å². The summed E-state index contributed by atoms with van der Waals surface area (Å²) in [6, 6.07) is 10.8. The minimum Gasteiger partial charge on any atom is -0.465 e. The first-order valence-corrected chi connectivity index (χ1v) is 4.54. The van der Waals surface area contributed by atoms with E-state index in [4.69, 9.17) is 9.15 Å². The third-order valence-corrected chi connectivity index (χ3v) is 2.12. The lowest BCUT2D eigenvalue weighted by Gasteiger charge is -2.04. The lowest BCUT2D eigenvalue weighted by molar-refractivity contribution is 0.0601. The first kappa shape index (κ1) is 9.52. The Labute approximate surface area is 87.3 Å². The number of rotatable bonds is 2. The van der Waals surface area contributed by atoms with E-state index in [0.717, 1.165) is 5.56 Å². The molecular formula is C12H10O3. The first-order chi connectivity index (χ1) is 7.33. The number of carbonyl (C=O) groups is 1. The normalized spacial score (nSPS) is 9.93. The second-order valence-electron chi connectivity index (χ2n) is 3.01. The fourth-order valence-electron chi connectivity index (χ4n) is 1.42. The van der Waals surface area contributed by atoms with Gasteiger partial charge in [0.2, 0.25) is 0 Å². The van der Waals surface area contributed by atoms with E-state index in [-0.39, 0.29) is 5.97 Å². The summed E-state index contributed by atoms with van der Waals surface area (Å²) < 4.78 is 9.94. The summed E-state index contributed by atoms with van der Waals surface area (Å²) in [5.41, 5.74) is 1.25. The Kier molecular flexibility index (Phi) is 2.54. The third kappa shape index (κ3) is 1.76. The summed E-state index contributed by atoms with van der Waals surface area (Å²) in [4.78, 5) is 11.5. The predicted molar refractivity (Wildman–Crippen MR) is 55.5 cm³/mol. The van der Waals surface area contributed by atoms with Crippen LogP contribution in [0.2, 0.25) is 0 Å². The van der Waals surface area contributed by atoms with Crippen molar-refractivity contribution >= 4 is 5.97 Å². The van der Waals surface area contributed by atoms with E-state index in [1.807, 2.05) is 18.2 Å². The lowest BCUT2D eigenvalue weighted by Crippen LogP contribution is -2.02. The molecule has 1 aromatic heterocycles. The van der Waals surface area contributed by atoms with Crippen LogP contribution in [0.3, 0.4) is 0 Å². The van der Waals surface area contributed by atoms with Gasteiger partial charge in [-0.05, 0) is 18.2 Å². The van der Waals surface area contributed by atoms with Gasteiger partial charge in [-0.3, -0.25) is 0 Å². The van der Waals surface area contributed by atoms with E-state index in [1.165, 1.54) is 7.11 Å². The zero-order chi connectivity index (χ0) is 10.7. The molecule has 0 aliphatic rings. The standard InChI is InChI=1S/C12H10O3/c1-14-12(13)10-6-3-2-5-9(10)11-7-4-8-15-11/h2-8H,1H3. The molecular weight excluding hydrogens is 192 g/mol. The number of ether oxygens (including phenoxy) is 1. The Morgan fingerprint density at radius 2 is 2.00 bits per heavy atom. The number of hydrogen-bond donors (Lipinski definition) is 0. The van der Waals surface area contributed by atoms with Crippen molar-refractivity contribution in [2.75, 3.05) is 7.11 Å². The van der Waals surface area contributed by atoms with Crippen LogP contribution in [-0.2, 0) is 4.74 Å². The van der Waals surface area contributed by atoms with Gasteiger partial charge in [0.05, 0.1) is 18.9 Å². The van der Waals surface area contributed by atoms with Crippen LogP contribution in [0, 0.1) is 0 Å². The molecule has 1 heterocycles. The van der Waals surface area contributed by atoms with Crippen molar-refractivity contribution in [2.45, 2.75) is 0 Å². The van der Waals surface area contributed by atoms with Crippen molar-refractivity contribution in [3.8, 4) is 11.3 Å². The van der Waals surface area contributed by atoms with Crippen LogP contribution >= 0.6 is 0 Å². The van der Waals surface area contributed by atoms with E-state index >= 15 is 0 Å². The molecule has 1 aromatic carbocycles. The van der Waals surface area contributed by atoms with Gasteiger partial charge in [0, 0.05) is 5.56 Å². The molecule has 0 aliphatic carbocycles. The summed E-state index contributed by atoms with van der Waals surface area (Å²) in [7, 11) is 1.36. The van der Waals surface area contributed by atoms with Gasteiger partial charge in [0.15, 0.2) is 0 Å². The molecule has 0 saturated carbocycles. The first-order valence-electron chi connectivity index (χ1n) is 4.54. The molecule has 0 spiro atoms. The van der Waals surface area contributed by atoms with Crippen LogP contribution < -0.4 is 0 Å². The smallest absolute Gasteiger partial charge is 0.338 e. The Hall–Kier alpha value is -2.03. The molecule has 0 saturated heterocycles. The van der Waals surface area contributed by atoms with Gasteiger partial charge >= 0.3 is 5.97 Å². The maximum atomic E-state index is 11.5. The summed E-state index contributed by atoms with van der Waals surface area (Å²) >= 11 is 0. The molecule has 0 bridgehead atoms. The number of furan rings is 1. The molecule has 0 amide bonds. The molecule has 0 atom stereocenters. The zero-order valence-electron chi connectivity index (χ0n) is 8.27. The highest BCUT2D eigenvalue weighted by Gasteiger charge is 2.13. The summed E-state index contributed by atoms with van der Waals surface area (Å²) in [5, 5.41) is 0. The van der Waals surface area contributed by atoms with Crippen molar-refractivity contribution in [3.63, 3.8) is 0 Å². The average molecular weight is 202 g/mol. The number of esters is 1. The number of methoxy groups -OCH3 is 1. The quantitative estimate of drug-likeness (QED) is 0.703. The molecule has 15 heavy (non-hydrogen) atoms. The van der Waals surface area contributed by atoms with Crippen LogP contribution in [0.5, 0.6) is 0 Å². The van der Waals surface area contributed by atoms with Gasteiger partial charge < -0.3 is 9.15 Å². The van der Waals surface area contributed by atoms with E-state index in [2.05, 4.69) is 0 Å². The largest absolute Gasteiger partial charge is 0.465 e. The topological polar surface area (TPSA) is 39.4 Å². The van der Waals surface area contributed by atoms with Crippen LogP contribution in [-0.4, -0.2) is 13.1 Å². The zero-order valence-corrected chi connectivity index (χ0v) is 8.27. The van der Waals surface area contributed by atoms with E-state index in [1.54, 1.807) is 24.5 Å². The molecule has 0 radical (unpaired) electrons. The maximum Gasteiger partial charge on any atom is 0.338 e. The Morgan fingerprint density at radius 3 is 2.67 bits per heavy atom. The Balaban J connectivity index is 2.52. The molecule has 3 heteroatoms. The van der Waals surface area contributed by atoms with E-state index < -0.39 is 0 Å². The maximum absolute atomic E-state index is 11.5. The second kappa shape index (κ2) is 4.00. The monoisotopic (exact) mass is 202 g/mol. The molecule has 0 unspecified atom stereocenters. The Bertz CT molecular complexity index is 457. The van der Waals surface area contributed by atoms with Gasteiger partial charge in [0.1, 0.15) is 5.76 Å². The minimum atomic E-state index is -0.359. The fraction of sp³-hybridized carbons (Fsp3) is 0.0833. The van der Waals surface area contributed by atoms with Crippen molar-refractivity contribution < 1.29 is 13.9 Å². The Morgan fingerprint density at radius 1 is 1.20 bits per heavy atom. The number of hydrogen-bond acceptors (Lipinski definition) is 3. The molecule has 76 valence electrons. The molecule has 0 N–H and O–H groups in total. The highest BCUT2D eigenvalue weighted by Crippen LogP contribution is 2.24. The average Bonchev–Trinajstić information content (AvgIpc) is 2.81. The summed E-state index contributed by atoms with van der Waals surface area (Å²) in [5.74, 6) is 0.304. The lowest BCUT2D eigenvalue weighted by atomic mass is 10.1. The van der Waals surface area contributed by atoms with Gasteiger partial charge in [-0.1, -0.05) is 18.2 Å².